The standard InChI is InChI=1S/C51H34O/c1-51(2)42-23-13-12-22-40(42)48-43(51)30-41-46-35-17-7-6-16-33(35)28-29-44(46)52-50(41)49(48)47-38-20-10-8-18-36(38)45(37-19-9-11-21-39(37)47)34-26-24-32(25-27-34)31-14-4-3-5-15-31/h3-30H,1-2H3. The average molecular weight is 663 g/mol. The molecule has 1 heterocycles. The van der Waals surface area contributed by atoms with E-state index in [1.165, 1.54) is 98.7 Å². The number of furan rings is 1. The summed E-state index contributed by atoms with van der Waals surface area (Å²) < 4.78 is 7.12. The summed E-state index contributed by atoms with van der Waals surface area (Å²) in [4.78, 5) is 0. The molecule has 0 bridgehead atoms. The van der Waals surface area contributed by atoms with Crippen molar-refractivity contribution in [2.24, 2.45) is 0 Å². The van der Waals surface area contributed by atoms with Crippen LogP contribution in [-0.2, 0) is 5.41 Å². The maximum atomic E-state index is 7.12. The Labute approximate surface area is 302 Å². The molecular formula is C51H34O. The van der Waals surface area contributed by atoms with E-state index in [4.69, 9.17) is 4.42 Å². The van der Waals surface area contributed by atoms with E-state index in [2.05, 4.69) is 184 Å². The average Bonchev–Trinajstić information content (AvgIpc) is 3.69. The molecule has 1 aliphatic carbocycles. The summed E-state index contributed by atoms with van der Waals surface area (Å²) in [5.41, 5.74) is 14.3. The largest absolute Gasteiger partial charge is 0.455 e. The smallest absolute Gasteiger partial charge is 0.143 e. The second-order valence-corrected chi connectivity index (χ2v) is 14.8. The van der Waals surface area contributed by atoms with E-state index in [-0.39, 0.29) is 5.41 Å². The number of fused-ring (bicyclic) bond motifs is 10. The molecule has 0 atom stereocenters. The van der Waals surface area contributed by atoms with Gasteiger partial charge in [-0.2, -0.15) is 0 Å². The normalized spacial score (nSPS) is 13.3. The molecule has 244 valence electrons. The molecule has 0 radical (unpaired) electrons. The van der Waals surface area contributed by atoms with Gasteiger partial charge in [-0.05, 0) is 89.0 Å². The summed E-state index contributed by atoms with van der Waals surface area (Å²) in [5, 5.41) is 9.74. The van der Waals surface area contributed by atoms with Gasteiger partial charge in [-0.15, -0.1) is 0 Å². The van der Waals surface area contributed by atoms with E-state index >= 15 is 0 Å². The van der Waals surface area contributed by atoms with Gasteiger partial charge >= 0.3 is 0 Å². The molecule has 0 amide bonds. The zero-order chi connectivity index (χ0) is 34.6. The van der Waals surface area contributed by atoms with Gasteiger partial charge in [0.2, 0.25) is 0 Å². The van der Waals surface area contributed by atoms with Crippen LogP contribution in [0.1, 0.15) is 25.0 Å². The van der Waals surface area contributed by atoms with Gasteiger partial charge in [0.25, 0.3) is 0 Å². The molecular weight excluding hydrogens is 629 g/mol. The lowest BCUT2D eigenvalue weighted by Gasteiger charge is -2.23. The summed E-state index contributed by atoms with van der Waals surface area (Å²) in [6.45, 7) is 4.76. The Hall–Kier alpha value is -6.44. The number of hydrogen-bond acceptors (Lipinski definition) is 1. The number of benzene rings is 9. The summed E-state index contributed by atoms with van der Waals surface area (Å²) in [5.74, 6) is 0. The monoisotopic (exact) mass is 662 g/mol. The highest BCUT2D eigenvalue weighted by Crippen LogP contribution is 2.58. The first-order chi connectivity index (χ1) is 25.6. The minimum Gasteiger partial charge on any atom is -0.455 e. The van der Waals surface area contributed by atoms with Crippen molar-refractivity contribution in [1.82, 2.24) is 0 Å². The van der Waals surface area contributed by atoms with Crippen molar-refractivity contribution in [3.05, 3.63) is 181 Å². The highest BCUT2D eigenvalue weighted by Gasteiger charge is 2.39. The van der Waals surface area contributed by atoms with Gasteiger partial charge in [-0.3, -0.25) is 0 Å². The summed E-state index contributed by atoms with van der Waals surface area (Å²) in [6.07, 6.45) is 0. The summed E-state index contributed by atoms with van der Waals surface area (Å²) >= 11 is 0. The predicted molar refractivity (Wildman–Crippen MR) is 220 cm³/mol. The Kier molecular flexibility index (Phi) is 6.08. The van der Waals surface area contributed by atoms with Gasteiger partial charge in [-0.25, -0.2) is 0 Å². The van der Waals surface area contributed by atoms with Crippen LogP contribution in [0.3, 0.4) is 0 Å². The van der Waals surface area contributed by atoms with Crippen molar-refractivity contribution in [3.8, 4) is 44.5 Å². The topological polar surface area (TPSA) is 13.1 Å². The van der Waals surface area contributed by atoms with Crippen molar-refractivity contribution >= 4 is 54.3 Å². The van der Waals surface area contributed by atoms with Gasteiger partial charge in [-0.1, -0.05) is 172 Å². The maximum Gasteiger partial charge on any atom is 0.143 e. The van der Waals surface area contributed by atoms with Crippen molar-refractivity contribution in [2.75, 3.05) is 0 Å². The Morgan fingerprint density at radius 1 is 0.385 bits per heavy atom. The molecule has 0 spiro atoms. The van der Waals surface area contributed by atoms with Crippen molar-refractivity contribution in [3.63, 3.8) is 0 Å². The maximum absolute atomic E-state index is 7.12. The minimum absolute atomic E-state index is 0.185. The molecule has 0 aliphatic heterocycles. The van der Waals surface area contributed by atoms with Gasteiger partial charge < -0.3 is 4.42 Å². The van der Waals surface area contributed by atoms with Crippen LogP contribution < -0.4 is 0 Å². The Balaban J connectivity index is 1.30. The fourth-order valence-corrected chi connectivity index (χ4v) is 9.25. The van der Waals surface area contributed by atoms with Crippen LogP contribution in [0.5, 0.6) is 0 Å². The zero-order valence-electron chi connectivity index (χ0n) is 29.1. The molecule has 1 aliphatic rings. The van der Waals surface area contributed by atoms with Crippen molar-refractivity contribution < 1.29 is 4.42 Å². The second-order valence-electron chi connectivity index (χ2n) is 14.8. The Morgan fingerprint density at radius 2 is 0.942 bits per heavy atom. The number of hydrogen-bond donors (Lipinski definition) is 0. The van der Waals surface area contributed by atoms with Crippen molar-refractivity contribution in [2.45, 2.75) is 19.3 Å². The van der Waals surface area contributed by atoms with Crippen LogP contribution >= 0.6 is 0 Å². The van der Waals surface area contributed by atoms with Crippen LogP contribution in [0, 0.1) is 0 Å². The molecule has 1 nitrogen and oxygen atoms in total. The third-order valence-corrected chi connectivity index (χ3v) is 11.7. The molecule has 0 saturated carbocycles. The van der Waals surface area contributed by atoms with E-state index < -0.39 is 0 Å². The highest BCUT2D eigenvalue weighted by molar-refractivity contribution is 6.28. The molecule has 1 heteroatoms. The van der Waals surface area contributed by atoms with Gasteiger partial charge in [0.05, 0.1) is 0 Å². The van der Waals surface area contributed by atoms with Crippen LogP contribution in [0.4, 0.5) is 0 Å². The molecule has 10 aromatic rings. The molecule has 11 rings (SSSR count). The molecule has 0 saturated heterocycles. The van der Waals surface area contributed by atoms with E-state index in [9.17, 15) is 0 Å². The molecule has 52 heavy (non-hydrogen) atoms. The van der Waals surface area contributed by atoms with Crippen LogP contribution in [-0.4, -0.2) is 0 Å². The molecule has 0 unspecified atom stereocenters. The van der Waals surface area contributed by atoms with Crippen molar-refractivity contribution in [1.29, 1.82) is 0 Å². The summed E-state index contributed by atoms with van der Waals surface area (Å²) in [6, 6.07) is 62.2. The minimum atomic E-state index is -0.185. The quantitative estimate of drug-likeness (QED) is 0.172. The summed E-state index contributed by atoms with van der Waals surface area (Å²) in [7, 11) is 0. The third-order valence-electron chi connectivity index (χ3n) is 11.7. The highest BCUT2D eigenvalue weighted by atomic mass is 16.3. The van der Waals surface area contributed by atoms with E-state index in [0.29, 0.717) is 0 Å². The van der Waals surface area contributed by atoms with E-state index in [1.54, 1.807) is 0 Å². The Morgan fingerprint density at radius 3 is 1.65 bits per heavy atom. The second kappa shape index (κ2) is 10.8. The lowest BCUT2D eigenvalue weighted by molar-refractivity contribution is 0.658. The zero-order valence-corrected chi connectivity index (χ0v) is 29.1. The van der Waals surface area contributed by atoms with Crippen LogP contribution in [0.15, 0.2) is 174 Å². The first kappa shape index (κ1) is 29.3. The van der Waals surface area contributed by atoms with E-state index in [0.717, 1.165) is 11.2 Å². The first-order valence-corrected chi connectivity index (χ1v) is 18.2. The van der Waals surface area contributed by atoms with Gasteiger partial charge in [0.1, 0.15) is 11.2 Å². The van der Waals surface area contributed by atoms with Crippen LogP contribution in [0.2, 0.25) is 0 Å². The lowest BCUT2D eigenvalue weighted by atomic mass is 9.79. The molecule has 1 aromatic heterocycles. The van der Waals surface area contributed by atoms with Gasteiger partial charge in [0, 0.05) is 27.3 Å². The SMILES string of the molecule is CC1(C)c2ccccc2-c2c1cc1c(oc3ccc4ccccc4c31)c2-c1c2ccccc2c(-c2ccc(-c3ccccc3)cc2)c2ccccc12. The Bertz CT molecular complexity index is 3010. The molecule has 0 N–H and O–H groups in total. The van der Waals surface area contributed by atoms with E-state index in [1.807, 2.05) is 0 Å². The molecule has 9 aromatic carbocycles. The lowest BCUT2D eigenvalue weighted by Crippen LogP contribution is -2.14. The fourth-order valence-electron chi connectivity index (χ4n) is 9.25. The number of rotatable bonds is 3. The molecule has 0 fully saturated rings. The third kappa shape index (κ3) is 3.99. The van der Waals surface area contributed by atoms with Crippen LogP contribution in [0.25, 0.3) is 98.8 Å². The predicted octanol–water partition coefficient (Wildman–Crippen LogP) is 14.4. The van der Waals surface area contributed by atoms with Gasteiger partial charge in [0.15, 0.2) is 0 Å². The first-order valence-electron chi connectivity index (χ1n) is 18.2. The fraction of sp³-hybridized carbons (Fsp3) is 0.0588.